The van der Waals surface area contributed by atoms with Crippen molar-refractivity contribution in [1.29, 1.82) is 0 Å². The first-order valence-corrected chi connectivity index (χ1v) is 7.56. The second kappa shape index (κ2) is 6.83. The van der Waals surface area contributed by atoms with Crippen molar-refractivity contribution in [1.82, 2.24) is 0 Å². The molecule has 3 N–H and O–H groups in total. The minimum atomic E-state index is -0.393. The fraction of sp³-hybridized carbons (Fsp3) is 0.133. The number of nitrogens with one attached hydrogen (secondary N) is 1. The third-order valence-corrected chi connectivity index (χ3v) is 4.13. The number of hydrogen-bond donors (Lipinski definition) is 2. The monoisotopic (exact) mass is 324 g/mol. The summed E-state index contributed by atoms with van der Waals surface area (Å²) in [5.41, 5.74) is 7.63. The zero-order valence-electron chi connectivity index (χ0n) is 11.3. The van der Waals surface area contributed by atoms with Crippen LogP contribution in [-0.4, -0.2) is 11.7 Å². The van der Waals surface area contributed by atoms with Crippen LogP contribution in [0, 0.1) is 12.7 Å². The molecule has 21 heavy (non-hydrogen) atoms. The molecule has 1 amide bonds. The van der Waals surface area contributed by atoms with Crippen LogP contribution in [0.5, 0.6) is 0 Å². The number of halogens is 2. The molecular weight excluding hydrogens is 311 g/mol. The fourth-order valence-corrected chi connectivity index (χ4v) is 2.63. The van der Waals surface area contributed by atoms with Crippen molar-refractivity contribution in [2.75, 3.05) is 16.8 Å². The van der Waals surface area contributed by atoms with E-state index in [2.05, 4.69) is 5.32 Å². The maximum absolute atomic E-state index is 12.9. The highest BCUT2D eigenvalue weighted by Crippen LogP contribution is 2.26. The Kier molecular flexibility index (Phi) is 5.09. The molecule has 0 spiro atoms. The zero-order chi connectivity index (χ0) is 15.4. The molecule has 0 aliphatic carbocycles. The first-order chi connectivity index (χ1) is 9.95. The van der Waals surface area contributed by atoms with E-state index in [9.17, 15) is 9.18 Å². The summed E-state index contributed by atoms with van der Waals surface area (Å²) in [6, 6.07) is 9.42. The van der Waals surface area contributed by atoms with Gasteiger partial charge in [-0.3, -0.25) is 4.79 Å². The van der Waals surface area contributed by atoms with E-state index in [0.29, 0.717) is 21.3 Å². The van der Waals surface area contributed by atoms with Crippen molar-refractivity contribution >= 4 is 40.6 Å². The van der Waals surface area contributed by atoms with Gasteiger partial charge in [0.2, 0.25) is 5.91 Å². The Morgan fingerprint density at radius 1 is 1.33 bits per heavy atom. The minimum absolute atomic E-state index is 0.172. The predicted octanol–water partition coefficient (Wildman–Crippen LogP) is 4.10. The molecule has 0 radical (unpaired) electrons. The van der Waals surface area contributed by atoms with Crippen molar-refractivity contribution in [3.05, 3.63) is 52.8 Å². The summed E-state index contributed by atoms with van der Waals surface area (Å²) in [7, 11) is 0. The third-order valence-electron chi connectivity index (χ3n) is 2.80. The molecule has 0 atom stereocenters. The second-order valence-corrected chi connectivity index (χ2v) is 5.93. The van der Waals surface area contributed by atoms with Gasteiger partial charge in [0.15, 0.2) is 0 Å². The Morgan fingerprint density at radius 2 is 2.10 bits per heavy atom. The molecule has 0 aromatic heterocycles. The third kappa shape index (κ3) is 4.37. The molecule has 110 valence electrons. The summed E-state index contributed by atoms with van der Waals surface area (Å²) in [4.78, 5) is 12.6. The van der Waals surface area contributed by atoms with Gasteiger partial charge in [-0.05, 0) is 42.8 Å². The van der Waals surface area contributed by atoms with Crippen LogP contribution < -0.4 is 11.1 Å². The average molecular weight is 325 g/mol. The standard InChI is InChI=1S/C15H14ClFN2OS/c1-9-2-3-10(16)6-13(9)19-15(20)8-21-14-5-4-11(17)7-12(14)18/h2-7H,8,18H2,1H3,(H,19,20). The number of benzene rings is 2. The first kappa shape index (κ1) is 15.7. The number of rotatable bonds is 4. The molecule has 2 rings (SSSR count). The summed E-state index contributed by atoms with van der Waals surface area (Å²) < 4.78 is 12.9. The number of thioether (sulfide) groups is 1. The highest BCUT2D eigenvalue weighted by molar-refractivity contribution is 8.00. The zero-order valence-corrected chi connectivity index (χ0v) is 12.9. The van der Waals surface area contributed by atoms with Gasteiger partial charge in [-0.25, -0.2) is 4.39 Å². The van der Waals surface area contributed by atoms with Crippen molar-refractivity contribution in [2.45, 2.75) is 11.8 Å². The Morgan fingerprint density at radius 3 is 2.81 bits per heavy atom. The van der Waals surface area contributed by atoms with Crippen molar-refractivity contribution < 1.29 is 9.18 Å². The van der Waals surface area contributed by atoms with Crippen LogP contribution in [-0.2, 0) is 4.79 Å². The lowest BCUT2D eigenvalue weighted by atomic mass is 10.2. The number of hydrogen-bond acceptors (Lipinski definition) is 3. The maximum Gasteiger partial charge on any atom is 0.234 e. The van der Waals surface area contributed by atoms with Gasteiger partial charge in [0.1, 0.15) is 5.82 Å². The number of nitrogens with two attached hydrogens (primary N) is 1. The van der Waals surface area contributed by atoms with Gasteiger partial charge >= 0.3 is 0 Å². The van der Waals surface area contributed by atoms with E-state index in [0.717, 1.165) is 5.56 Å². The van der Waals surface area contributed by atoms with Crippen LogP contribution in [0.25, 0.3) is 0 Å². The van der Waals surface area contributed by atoms with Crippen LogP contribution in [0.3, 0.4) is 0 Å². The molecule has 0 saturated heterocycles. The van der Waals surface area contributed by atoms with Crippen LogP contribution in [0.4, 0.5) is 15.8 Å². The van der Waals surface area contributed by atoms with Gasteiger partial charge in [-0.15, -0.1) is 11.8 Å². The molecule has 3 nitrogen and oxygen atoms in total. The summed E-state index contributed by atoms with van der Waals surface area (Å²) in [6.07, 6.45) is 0. The molecule has 0 saturated carbocycles. The summed E-state index contributed by atoms with van der Waals surface area (Å²) in [6.45, 7) is 1.89. The number of amides is 1. The first-order valence-electron chi connectivity index (χ1n) is 6.19. The molecule has 0 bridgehead atoms. The average Bonchev–Trinajstić information content (AvgIpc) is 2.42. The Hall–Kier alpha value is -1.72. The lowest BCUT2D eigenvalue weighted by Crippen LogP contribution is -2.15. The number of carbonyl (C=O) groups excluding carboxylic acids is 1. The largest absolute Gasteiger partial charge is 0.398 e. The molecule has 2 aromatic carbocycles. The maximum atomic E-state index is 12.9. The SMILES string of the molecule is Cc1ccc(Cl)cc1NC(=O)CSc1ccc(F)cc1N. The van der Waals surface area contributed by atoms with Crippen molar-refractivity contribution in [3.63, 3.8) is 0 Å². The minimum Gasteiger partial charge on any atom is -0.398 e. The van der Waals surface area contributed by atoms with Crippen LogP contribution in [0.2, 0.25) is 5.02 Å². The Bertz CT molecular complexity index is 679. The van der Waals surface area contributed by atoms with Gasteiger partial charge in [0, 0.05) is 21.3 Å². The number of nitrogen functional groups attached to an aromatic ring is 1. The molecule has 6 heteroatoms. The van der Waals surface area contributed by atoms with E-state index in [1.807, 2.05) is 13.0 Å². The Labute approximate surface area is 131 Å². The quantitative estimate of drug-likeness (QED) is 0.657. The number of aryl methyl sites for hydroxylation is 1. The molecule has 2 aromatic rings. The van der Waals surface area contributed by atoms with Crippen molar-refractivity contribution in [2.24, 2.45) is 0 Å². The van der Waals surface area contributed by atoms with Crippen molar-refractivity contribution in [3.8, 4) is 0 Å². The molecule has 0 aliphatic heterocycles. The van der Waals surface area contributed by atoms with Gasteiger partial charge in [0.25, 0.3) is 0 Å². The van der Waals surface area contributed by atoms with Crippen LogP contribution in [0.15, 0.2) is 41.3 Å². The molecule has 0 fully saturated rings. The number of carbonyl (C=O) groups is 1. The lowest BCUT2D eigenvalue weighted by molar-refractivity contribution is -0.113. The second-order valence-electron chi connectivity index (χ2n) is 4.48. The van der Waals surface area contributed by atoms with Crippen LogP contribution in [0.1, 0.15) is 5.56 Å². The summed E-state index contributed by atoms with van der Waals surface area (Å²) >= 11 is 7.16. The summed E-state index contributed by atoms with van der Waals surface area (Å²) in [5, 5.41) is 3.35. The van der Waals surface area contributed by atoms with Gasteiger partial charge in [-0.1, -0.05) is 17.7 Å². The highest BCUT2D eigenvalue weighted by Gasteiger charge is 2.08. The summed E-state index contributed by atoms with van der Waals surface area (Å²) in [5.74, 6) is -0.383. The molecule has 0 heterocycles. The van der Waals surface area contributed by atoms with E-state index in [1.54, 1.807) is 18.2 Å². The molecule has 0 unspecified atom stereocenters. The topological polar surface area (TPSA) is 55.1 Å². The van der Waals surface area contributed by atoms with E-state index < -0.39 is 5.82 Å². The van der Waals surface area contributed by atoms with E-state index in [1.165, 1.54) is 23.9 Å². The highest BCUT2D eigenvalue weighted by atomic mass is 35.5. The Balaban J connectivity index is 1.97. The van der Waals surface area contributed by atoms with E-state index in [-0.39, 0.29) is 11.7 Å². The molecular formula is C15H14ClFN2OS. The molecule has 0 aliphatic rings. The van der Waals surface area contributed by atoms with Gasteiger partial charge in [-0.2, -0.15) is 0 Å². The fourth-order valence-electron chi connectivity index (χ4n) is 1.71. The van der Waals surface area contributed by atoms with Crippen LogP contribution >= 0.6 is 23.4 Å². The number of anilines is 2. The van der Waals surface area contributed by atoms with E-state index in [4.69, 9.17) is 17.3 Å². The normalized spacial score (nSPS) is 10.4. The lowest BCUT2D eigenvalue weighted by Gasteiger charge is -2.09. The van der Waals surface area contributed by atoms with Gasteiger partial charge in [0.05, 0.1) is 5.75 Å². The predicted molar refractivity (Wildman–Crippen MR) is 86.4 cm³/mol. The van der Waals surface area contributed by atoms with Gasteiger partial charge < -0.3 is 11.1 Å². The smallest absolute Gasteiger partial charge is 0.234 e. The van der Waals surface area contributed by atoms with E-state index >= 15 is 0 Å².